The highest BCUT2D eigenvalue weighted by atomic mass is 32.1. The van der Waals surface area contributed by atoms with Crippen molar-refractivity contribution in [3.63, 3.8) is 0 Å². The van der Waals surface area contributed by atoms with Crippen LogP contribution in [-0.2, 0) is 0 Å². The Hall–Kier alpha value is -1.47. The van der Waals surface area contributed by atoms with Crippen molar-refractivity contribution < 1.29 is 14.5 Å². The highest BCUT2D eigenvalue weighted by Crippen LogP contribution is 2.38. The average Bonchev–Trinajstić information content (AvgIpc) is 2.76. The molecule has 0 amide bonds. The maximum atomic E-state index is 11.3. The summed E-state index contributed by atoms with van der Waals surface area (Å²) in [6.45, 7) is 3.24. The van der Waals surface area contributed by atoms with Gasteiger partial charge in [0.05, 0.1) is 9.80 Å². The molecule has 7 heteroatoms. The van der Waals surface area contributed by atoms with Crippen LogP contribution in [0, 0.1) is 10.1 Å². The number of nitrogens with zero attached hydrogens (tertiary/aromatic N) is 2. The highest BCUT2D eigenvalue weighted by Gasteiger charge is 2.26. The molecule has 0 aliphatic carbocycles. The van der Waals surface area contributed by atoms with Crippen LogP contribution in [0.3, 0.4) is 0 Å². The molecule has 2 heterocycles. The molecule has 0 unspecified atom stereocenters. The second kappa shape index (κ2) is 5.66. The number of ether oxygens (including phenoxy) is 1. The fraction of sp³-hybridized carbons (Fsp3) is 0.583. The van der Waals surface area contributed by atoms with Crippen LogP contribution in [0.25, 0.3) is 0 Å². The van der Waals surface area contributed by atoms with E-state index in [-0.39, 0.29) is 22.6 Å². The van der Waals surface area contributed by atoms with Gasteiger partial charge in [-0.25, -0.2) is 0 Å². The smallest absolute Gasteiger partial charge is 0.323 e. The second-order valence-corrected chi connectivity index (χ2v) is 5.73. The Morgan fingerprint density at radius 3 is 2.68 bits per heavy atom. The number of hydrogen-bond donors (Lipinski definition) is 0. The Morgan fingerprint density at radius 1 is 1.53 bits per heavy atom. The topological polar surface area (TPSA) is 72.7 Å². The summed E-state index contributed by atoms with van der Waals surface area (Å²) in [6, 6.07) is 1.30. The second-order valence-electron chi connectivity index (χ2n) is 4.72. The lowest BCUT2D eigenvalue weighted by Crippen LogP contribution is -2.35. The van der Waals surface area contributed by atoms with Crippen LogP contribution in [0.2, 0.25) is 0 Å². The van der Waals surface area contributed by atoms with Crippen molar-refractivity contribution >= 4 is 22.8 Å². The number of Topliss-reactive ketones (excluding diaryl/α,β-unsaturated/α-hetero) is 1. The first-order chi connectivity index (χ1) is 8.97. The standard InChI is InChI=1S/C12H16N2O4S/c1-8(15)11-7-10(14(16)17)12(19-11)18-9-3-5-13(2)6-4-9/h7,9H,3-6H2,1-2H3. The number of carbonyl (C=O) groups is 1. The van der Waals surface area contributed by atoms with Gasteiger partial charge < -0.3 is 9.64 Å². The van der Waals surface area contributed by atoms with Crippen molar-refractivity contribution in [2.45, 2.75) is 25.9 Å². The number of piperidine rings is 1. The first-order valence-electron chi connectivity index (χ1n) is 6.11. The molecule has 0 aromatic carbocycles. The average molecular weight is 284 g/mol. The molecule has 1 aromatic heterocycles. The lowest BCUT2D eigenvalue weighted by atomic mass is 10.1. The molecule has 1 aromatic rings. The molecule has 1 aliphatic heterocycles. The molecule has 2 rings (SSSR count). The normalized spacial score (nSPS) is 17.4. The van der Waals surface area contributed by atoms with Gasteiger partial charge in [-0.2, -0.15) is 0 Å². The Morgan fingerprint density at radius 2 is 2.16 bits per heavy atom. The summed E-state index contributed by atoms with van der Waals surface area (Å²) in [4.78, 5) is 24.3. The van der Waals surface area contributed by atoms with E-state index >= 15 is 0 Å². The lowest BCUT2D eigenvalue weighted by molar-refractivity contribution is -0.385. The summed E-state index contributed by atoms with van der Waals surface area (Å²) < 4.78 is 5.72. The van der Waals surface area contributed by atoms with Crippen molar-refractivity contribution in [1.29, 1.82) is 0 Å². The van der Waals surface area contributed by atoms with Crippen molar-refractivity contribution in [2.24, 2.45) is 0 Å². The lowest BCUT2D eigenvalue weighted by Gasteiger charge is -2.28. The van der Waals surface area contributed by atoms with Crippen LogP contribution in [-0.4, -0.2) is 41.8 Å². The summed E-state index contributed by atoms with van der Waals surface area (Å²) in [6.07, 6.45) is 1.69. The quantitative estimate of drug-likeness (QED) is 0.482. The van der Waals surface area contributed by atoms with Gasteiger partial charge in [0, 0.05) is 19.2 Å². The third kappa shape index (κ3) is 3.30. The van der Waals surface area contributed by atoms with Gasteiger partial charge in [0.1, 0.15) is 6.10 Å². The number of ketones is 1. The Bertz CT molecular complexity index is 492. The third-order valence-electron chi connectivity index (χ3n) is 3.16. The molecule has 0 saturated carbocycles. The van der Waals surface area contributed by atoms with Gasteiger partial charge in [0.2, 0.25) is 0 Å². The summed E-state index contributed by atoms with van der Waals surface area (Å²) in [5, 5.41) is 11.2. The van der Waals surface area contributed by atoms with Gasteiger partial charge in [-0.05, 0) is 26.8 Å². The van der Waals surface area contributed by atoms with Gasteiger partial charge in [-0.3, -0.25) is 14.9 Å². The van der Waals surface area contributed by atoms with Crippen molar-refractivity contribution in [1.82, 2.24) is 4.90 Å². The minimum Gasteiger partial charge on any atom is -0.476 e. The molecule has 1 aliphatic rings. The van der Waals surface area contributed by atoms with Crippen molar-refractivity contribution in [3.05, 3.63) is 21.1 Å². The minimum absolute atomic E-state index is 0.00615. The number of rotatable bonds is 4. The molecule has 104 valence electrons. The SMILES string of the molecule is CC(=O)c1cc([N+](=O)[O-])c(OC2CCN(C)CC2)s1. The zero-order valence-electron chi connectivity index (χ0n) is 10.9. The van der Waals surface area contributed by atoms with E-state index in [4.69, 9.17) is 4.74 Å². The van der Waals surface area contributed by atoms with Crippen molar-refractivity contribution in [3.8, 4) is 5.06 Å². The third-order valence-corrected chi connectivity index (χ3v) is 4.28. The van der Waals surface area contributed by atoms with E-state index in [1.807, 2.05) is 7.05 Å². The largest absolute Gasteiger partial charge is 0.476 e. The van der Waals surface area contributed by atoms with E-state index < -0.39 is 4.92 Å². The Kier molecular flexibility index (Phi) is 4.16. The zero-order chi connectivity index (χ0) is 14.0. The molecule has 1 saturated heterocycles. The van der Waals surface area contributed by atoms with E-state index in [2.05, 4.69) is 4.90 Å². The van der Waals surface area contributed by atoms with Crippen molar-refractivity contribution in [2.75, 3.05) is 20.1 Å². The van der Waals surface area contributed by atoms with Crippen LogP contribution in [0.5, 0.6) is 5.06 Å². The molecule has 0 N–H and O–H groups in total. The van der Waals surface area contributed by atoms with Gasteiger partial charge in [-0.15, -0.1) is 0 Å². The monoisotopic (exact) mass is 284 g/mol. The summed E-state index contributed by atoms with van der Waals surface area (Å²) >= 11 is 1.06. The molecule has 0 atom stereocenters. The van der Waals surface area contributed by atoms with Crippen LogP contribution in [0.1, 0.15) is 29.4 Å². The predicted octanol–water partition coefficient (Wildman–Crippen LogP) is 2.33. The van der Waals surface area contributed by atoms with E-state index in [1.165, 1.54) is 13.0 Å². The molecule has 0 radical (unpaired) electrons. The Balaban J connectivity index is 2.14. The predicted molar refractivity (Wildman–Crippen MR) is 72.1 cm³/mol. The van der Waals surface area contributed by atoms with Gasteiger partial charge in [-0.1, -0.05) is 11.3 Å². The van der Waals surface area contributed by atoms with E-state index in [0.29, 0.717) is 4.88 Å². The van der Waals surface area contributed by atoms with Gasteiger partial charge in [0.25, 0.3) is 5.06 Å². The van der Waals surface area contributed by atoms with E-state index in [1.54, 1.807) is 0 Å². The Labute approximate surface area is 115 Å². The van der Waals surface area contributed by atoms with E-state index in [0.717, 1.165) is 37.3 Å². The first-order valence-corrected chi connectivity index (χ1v) is 6.93. The summed E-state index contributed by atoms with van der Waals surface area (Å²) in [7, 11) is 2.04. The van der Waals surface area contributed by atoms with Gasteiger partial charge >= 0.3 is 5.69 Å². The number of thiophene rings is 1. The molecule has 0 spiro atoms. The number of hydrogen-bond acceptors (Lipinski definition) is 6. The van der Waals surface area contributed by atoms with E-state index in [9.17, 15) is 14.9 Å². The molecular weight excluding hydrogens is 268 g/mol. The number of nitro groups is 1. The molecule has 19 heavy (non-hydrogen) atoms. The maximum absolute atomic E-state index is 11.3. The fourth-order valence-electron chi connectivity index (χ4n) is 2.00. The minimum atomic E-state index is -0.493. The zero-order valence-corrected chi connectivity index (χ0v) is 11.7. The fourth-order valence-corrected chi connectivity index (χ4v) is 2.94. The maximum Gasteiger partial charge on any atom is 0.323 e. The van der Waals surface area contributed by atoms with Crippen LogP contribution in [0.15, 0.2) is 6.07 Å². The van der Waals surface area contributed by atoms with Gasteiger partial charge in [0.15, 0.2) is 5.78 Å². The van der Waals surface area contributed by atoms with Crippen LogP contribution in [0.4, 0.5) is 5.69 Å². The number of carbonyl (C=O) groups excluding carboxylic acids is 1. The molecule has 1 fully saturated rings. The number of likely N-dealkylation sites (tertiary alicyclic amines) is 1. The first kappa shape index (κ1) is 14.0. The highest BCUT2D eigenvalue weighted by molar-refractivity contribution is 7.16. The van der Waals surface area contributed by atoms with Crippen LogP contribution < -0.4 is 4.74 Å². The van der Waals surface area contributed by atoms with Crippen LogP contribution >= 0.6 is 11.3 Å². The molecule has 6 nitrogen and oxygen atoms in total. The summed E-state index contributed by atoms with van der Waals surface area (Å²) in [5.41, 5.74) is -0.103. The molecule has 0 bridgehead atoms. The summed E-state index contributed by atoms with van der Waals surface area (Å²) in [5.74, 6) is -0.175. The molecular formula is C12H16N2O4S.